The fourth-order valence-electron chi connectivity index (χ4n) is 5.73. The summed E-state index contributed by atoms with van der Waals surface area (Å²) >= 11 is 0. The summed E-state index contributed by atoms with van der Waals surface area (Å²) < 4.78 is 7.55. The van der Waals surface area contributed by atoms with Gasteiger partial charge in [0.05, 0.1) is 18.3 Å². The van der Waals surface area contributed by atoms with Gasteiger partial charge in [-0.25, -0.2) is 14.7 Å². The first-order valence-corrected chi connectivity index (χ1v) is 13.3. The molecule has 4 rings (SSSR count). The van der Waals surface area contributed by atoms with Gasteiger partial charge in [-0.15, -0.1) is 5.10 Å². The highest BCUT2D eigenvalue weighted by Gasteiger charge is 2.39. The molecule has 1 fully saturated rings. The SMILES string of the molecule is C=CN=C(/C=C(\C)c1ccc(-c2cc3nnn(C4CC(C)(C)NC(C)(C)C4)c3nc2CC)c(O)c1)OCC. The number of nitrogens with one attached hydrogen (secondary N) is 1. The van der Waals surface area contributed by atoms with Crippen molar-refractivity contribution in [1.82, 2.24) is 25.3 Å². The second kappa shape index (κ2) is 10.7. The predicted molar refractivity (Wildman–Crippen MR) is 154 cm³/mol. The molecule has 0 aliphatic carbocycles. The van der Waals surface area contributed by atoms with Gasteiger partial charge in [0.25, 0.3) is 0 Å². The van der Waals surface area contributed by atoms with Crippen LogP contribution in [0.2, 0.25) is 0 Å². The maximum atomic E-state index is 11.1. The van der Waals surface area contributed by atoms with Gasteiger partial charge in [0.1, 0.15) is 11.3 Å². The zero-order chi connectivity index (χ0) is 27.7. The van der Waals surface area contributed by atoms with Crippen LogP contribution in [0.15, 0.2) is 48.1 Å². The summed E-state index contributed by atoms with van der Waals surface area (Å²) in [5, 5.41) is 23.9. The summed E-state index contributed by atoms with van der Waals surface area (Å²) in [7, 11) is 0. The lowest BCUT2D eigenvalue weighted by atomic mass is 9.79. The van der Waals surface area contributed by atoms with Crippen LogP contribution in [-0.4, -0.2) is 48.7 Å². The number of hydrogen-bond acceptors (Lipinski definition) is 7. The van der Waals surface area contributed by atoms with Crippen LogP contribution in [0.1, 0.15) is 78.6 Å². The van der Waals surface area contributed by atoms with Gasteiger partial charge in [-0.1, -0.05) is 24.8 Å². The molecular weight excluding hydrogens is 476 g/mol. The number of rotatable bonds is 7. The number of phenolic OH excluding ortho intramolecular Hbond substituents is 1. The molecule has 0 bridgehead atoms. The van der Waals surface area contributed by atoms with E-state index in [2.05, 4.69) is 61.8 Å². The Balaban J connectivity index is 1.71. The molecule has 0 unspecified atom stereocenters. The highest BCUT2D eigenvalue weighted by molar-refractivity contribution is 5.95. The lowest BCUT2D eigenvalue weighted by Crippen LogP contribution is -2.58. The number of piperidine rings is 1. The summed E-state index contributed by atoms with van der Waals surface area (Å²) in [4.78, 5) is 9.20. The Morgan fingerprint density at radius 1 is 1.18 bits per heavy atom. The van der Waals surface area contributed by atoms with E-state index >= 15 is 0 Å². The van der Waals surface area contributed by atoms with E-state index in [-0.39, 0.29) is 22.9 Å². The molecule has 1 aromatic carbocycles. The molecule has 2 N–H and O–H groups in total. The average Bonchev–Trinajstić information content (AvgIpc) is 3.24. The molecule has 0 spiro atoms. The molecule has 0 radical (unpaired) electrons. The van der Waals surface area contributed by atoms with Gasteiger partial charge in [-0.3, -0.25) is 0 Å². The number of aryl methyl sites for hydroxylation is 1. The fraction of sp³-hybridized carbons (Fsp3) is 0.467. The van der Waals surface area contributed by atoms with Crippen molar-refractivity contribution >= 4 is 22.6 Å². The average molecular weight is 517 g/mol. The van der Waals surface area contributed by atoms with E-state index in [1.807, 2.05) is 42.8 Å². The quantitative estimate of drug-likeness (QED) is 0.286. The lowest BCUT2D eigenvalue weighted by molar-refractivity contribution is 0.127. The summed E-state index contributed by atoms with van der Waals surface area (Å²) in [6.45, 7) is 19.0. The molecule has 1 aliphatic rings. The third kappa shape index (κ3) is 5.80. The van der Waals surface area contributed by atoms with Crippen molar-refractivity contribution in [3.8, 4) is 16.9 Å². The Kier molecular flexibility index (Phi) is 7.74. The third-order valence-corrected chi connectivity index (χ3v) is 6.97. The summed E-state index contributed by atoms with van der Waals surface area (Å²) in [6, 6.07) is 7.87. The molecule has 0 amide bonds. The van der Waals surface area contributed by atoms with Gasteiger partial charge in [0.15, 0.2) is 5.65 Å². The molecule has 2 aromatic heterocycles. The number of fused-ring (bicyclic) bond motifs is 1. The van der Waals surface area contributed by atoms with E-state index in [0.29, 0.717) is 12.5 Å². The standard InChI is InChI=1S/C30H40N6O2/c1-9-24-23(22-13-12-20(15-26(22)37)19(4)14-27(31-10-2)38-11-3)16-25-28(32-24)36(35-33-25)21-17-29(5,6)34-30(7,8)18-21/h10,12-16,21,34,37H,2,9,11,17-18H2,1,3-8H3/b19-14+,31-27?. The van der Waals surface area contributed by atoms with Crippen LogP contribution in [0.4, 0.5) is 0 Å². The number of benzene rings is 1. The Morgan fingerprint density at radius 2 is 1.89 bits per heavy atom. The van der Waals surface area contributed by atoms with Crippen molar-refractivity contribution in [2.75, 3.05) is 6.61 Å². The first-order chi connectivity index (χ1) is 18.0. The van der Waals surface area contributed by atoms with E-state index in [1.54, 1.807) is 6.07 Å². The second-order valence-corrected chi connectivity index (χ2v) is 11.3. The van der Waals surface area contributed by atoms with E-state index in [9.17, 15) is 5.11 Å². The fourth-order valence-corrected chi connectivity index (χ4v) is 5.73. The van der Waals surface area contributed by atoms with Gasteiger partial charge in [0.2, 0.25) is 5.90 Å². The molecule has 0 saturated carbocycles. The normalized spacial score (nSPS) is 18.1. The van der Waals surface area contributed by atoms with Crippen LogP contribution in [0, 0.1) is 0 Å². The number of aliphatic imine (C=N–C) groups is 1. The minimum Gasteiger partial charge on any atom is -0.507 e. The second-order valence-electron chi connectivity index (χ2n) is 11.3. The van der Waals surface area contributed by atoms with Crippen LogP contribution in [0.3, 0.4) is 0 Å². The van der Waals surface area contributed by atoms with Crippen LogP contribution < -0.4 is 5.32 Å². The van der Waals surface area contributed by atoms with Gasteiger partial charge in [-0.05, 0) is 90.1 Å². The number of aromatic hydroxyl groups is 1. The van der Waals surface area contributed by atoms with Crippen LogP contribution in [0.5, 0.6) is 5.75 Å². The summed E-state index contributed by atoms with van der Waals surface area (Å²) in [5.41, 5.74) is 5.77. The van der Waals surface area contributed by atoms with E-state index in [1.165, 1.54) is 6.20 Å². The number of hydrogen-bond donors (Lipinski definition) is 2. The molecule has 202 valence electrons. The number of pyridine rings is 1. The Morgan fingerprint density at radius 3 is 2.50 bits per heavy atom. The van der Waals surface area contributed by atoms with Gasteiger partial charge in [-0.2, -0.15) is 0 Å². The number of aromatic nitrogens is 4. The molecule has 8 nitrogen and oxygen atoms in total. The molecular formula is C30H40N6O2. The first-order valence-electron chi connectivity index (χ1n) is 13.3. The number of phenols is 1. The summed E-state index contributed by atoms with van der Waals surface area (Å²) in [6.07, 6.45) is 5.89. The smallest absolute Gasteiger partial charge is 0.213 e. The first kappa shape index (κ1) is 27.5. The topological polar surface area (TPSA) is 97.5 Å². The van der Waals surface area contributed by atoms with E-state index in [4.69, 9.17) is 9.72 Å². The van der Waals surface area contributed by atoms with Crippen molar-refractivity contribution in [3.05, 3.63) is 54.4 Å². The Hall–Kier alpha value is -3.52. The van der Waals surface area contributed by atoms with Crippen LogP contribution in [0.25, 0.3) is 27.9 Å². The maximum absolute atomic E-state index is 11.1. The highest BCUT2D eigenvalue weighted by Crippen LogP contribution is 2.38. The van der Waals surface area contributed by atoms with Crippen molar-refractivity contribution in [2.24, 2.45) is 4.99 Å². The van der Waals surface area contributed by atoms with Crippen molar-refractivity contribution in [3.63, 3.8) is 0 Å². The van der Waals surface area contributed by atoms with Crippen molar-refractivity contribution < 1.29 is 9.84 Å². The zero-order valence-corrected chi connectivity index (χ0v) is 23.7. The van der Waals surface area contributed by atoms with Crippen molar-refractivity contribution in [1.29, 1.82) is 0 Å². The zero-order valence-electron chi connectivity index (χ0n) is 23.7. The molecule has 8 heteroatoms. The molecule has 38 heavy (non-hydrogen) atoms. The maximum Gasteiger partial charge on any atom is 0.213 e. The number of nitrogens with zero attached hydrogens (tertiary/aromatic N) is 5. The largest absolute Gasteiger partial charge is 0.507 e. The van der Waals surface area contributed by atoms with E-state index in [0.717, 1.165) is 58.4 Å². The summed E-state index contributed by atoms with van der Waals surface area (Å²) in [5.74, 6) is 0.661. The monoisotopic (exact) mass is 516 g/mol. The Labute approximate surface area is 225 Å². The highest BCUT2D eigenvalue weighted by atomic mass is 16.5. The Bertz CT molecular complexity index is 1380. The minimum atomic E-state index is -0.0146. The molecule has 1 aliphatic heterocycles. The van der Waals surface area contributed by atoms with Gasteiger partial charge in [0, 0.05) is 34.5 Å². The number of allylic oxidation sites excluding steroid dienone is 1. The predicted octanol–water partition coefficient (Wildman–Crippen LogP) is 6.22. The molecule has 1 saturated heterocycles. The number of ether oxygens (including phenoxy) is 1. The third-order valence-electron chi connectivity index (χ3n) is 6.97. The van der Waals surface area contributed by atoms with Crippen LogP contribution in [-0.2, 0) is 11.2 Å². The van der Waals surface area contributed by atoms with Crippen molar-refractivity contribution in [2.45, 2.75) is 84.8 Å². The molecule has 3 heterocycles. The van der Waals surface area contributed by atoms with Crippen LogP contribution >= 0.6 is 0 Å². The minimum absolute atomic E-state index is 0.0146. The molecule has 0 atom stereocenters. The van der Waals surface area contributed by atoms with Gasteiger partial charge >= 0.3 is 0 Å². The lowest BCUT2D eigenvalue weighted by Gasteiger charge is -2.46. The van der Waals surface area contributed by atoms with E-state index < -0.39 is 0 Å². The van der Waals surface area contributed by atoms with Gasteiger partial charge < -0.3 is 15.2 Å². The molecule has 3 aromatic rings.